The van der Waals surface area contributed by atoms with Gasteiger partial charge in [0.25, 0.3) is 0 Å². The lowest BCUT2D eigenvalue weighted by atomic mass is 9.81. The van der Waals surface area contributed by atoms with Crippen molar-refractivity contribution >= 4 is 17.5 Å². The second-order valence-corrected chi connectivity index (χ2v) is 5.87. The Hall–Kier alpha value is -1.68. The van der Waals surface area contributed by atoms with Crippen molar-refractivity contribution in [3.05, 3.63) is 29.8 Å². The predicted octanol–water partition coefficient (Wildman–Crippen LogP) is 1.92. The molecule has 1 aromatic rings. The molecule has 3 aliphatic heterocycles. The molecule has 4 heteroatoms. The van der Waals surface area contributed by atoms with Gasteiger partial charge < -0.3 is 4.74 Å². The molecule has 2 unspecified atom stereocenters. The summed E-state index contributed by atoms with van der Waals surface area (Å²) in [7, 11) is 0. The van der Waals surface area contributed by atoms with Gasteiger partial charge in [0.1, 0.15) is 0 Å². The first-order valence-electron chi connectivity index (χ1n) is 7.33. The number of hydrogen-bond acceptors (Lipinski definition) is 3. The Morgan fingerprint density at radius 2 is 1.60 bits per heavy atom. The van der Waals surface area contributed by atoms with Crippen LogP contribution in [0.15, 0.2) is 24.3 Å². The summed E-state index contributed by atoms with van der Waals surface area (Å²) in [5.41, 5.74) is 1.91. The molecule has 0 aromatic heterocycles. The van der Waals surface area contributed by atoms with Crippen LogP contribution < -0.4 is 4.90 Å². The van der Waals surface area contributed by atoms with E-state index in [-0.39, 0.29) is 35.9 Å². The van der Waals surface area contributed by atoms with Crippen molar-refractivity contribution in [2.24, 2.45) is 11.8 Å². The first-order chi connectivity index (χ1) is 9.70. The van der Waals surface area contributed by atoms with Crippen LogP contribution in [-0.4, -0.2) is 24.0 Å². The fraction of sp³-hybridized carbons (Fsp3) is 0.500. The van der Waals surface area contributed by atoms with E-state index >= 15 is 0 Å². The van der Waals surface area contributed by atoms with Gasteiger partial charge in [-0.3, -0.25) is 9.59 Å². The van der Waals surface area contributed by atoms with E-state index in [1.165, 1.54) is 10.5 Å². The van der Waals surface area contributed by atoms with E-state index in [0.29, 0.717) is 5.69 Å². The zero-order chi connectivity index (χ0) is 13.9. The predicted molar refractivity (Wildman–Crippen MR) is 73.2 cm³/mol. The minimum Gasteiger partial charge on any atom is -0.373 e. The molecule has 3 aliphatic rings. The van der Waals surface area contributed by atoms with E-state index in [2.05, 4.69) is 6.92 Å². The lowest BCUT2D eigenvalue weighted by molar-refractivity contribution is -0.124. The smallest absolute Gasteiger partial charge is 0.240 e. The molecule has 20 heavy (non-hydrogen) atoms. The highest BCUT2D eigenvalue weighted by molar-refractivity contribution is 6.22. The van der Waals surface area contributed by atoms with E-state index in [9.17, 15) is 9.59 Å². The van der Waals surface area contributed by atoms with Crippen LogP contribution in [0, 0.1) is 11.8 Å². The summed E-state index contributed by atoms with van der Waals surface area (Å²) in [6.45, 7) is 2.08. The zero-order valence-corrected chi connectivity index (χ0v) is 11.4. The molecule has 4 nitrogen and oxygen atoms in total. The van der Waals surface area contributed by atoms with Gasteiger partial charge in [0.2, 0.25) is 11.8 Å². The Balaban J connectivity index is 1.69. The summed E-state index contributed by atoms with van der Waals surface area (Å²) in [5.74, 6) is -0.632. The summed E-state index contributed by atoms with van der Waals surface area (Å²) >= 11 is 0. The van der Waals surface area contributed by atoms with Crippen molar-refractivity contribution in [1.82, 2.24) is 0 Å². The summed E-state index contributed by atoms with van der Waals surface area (Å²) in [6.07, 6.45) is 2.69. The van der Waals surface area contributed by atoms with Gasteiger partial charge in [0.05, 0.1) is 29.7 Å². The maximum absolute atomic E-state index is 12.6. The highest BCUT2D eigenvalue weighted by Gasteiger charge is 2.62. The van der Waals surface area contributed by atoms with Gasteiger partial charge in [0.15, 0.2) is 0 Å². The molecular formula is C16H17NO3. The maximum Gasteiger partial charge on any atom is 0.240 e. The van der Waals surface area contributed by atoms with Gasteiger partial charge in [-0.25, -0.2) is 4.90 Å². The van der Waals surface area contributed by atoms with E-state index in [0.717, 1.165) is 19.3 Å². The fourth-order valence-electron chi connectivity index (χ4n) is 3.85. The fourth-order valence-corrected chi connectivity index (χ4v) is 3.85. The molecule has 3 fully saturated rings. The highest BCUT2D eigenvalue weighted by Crippen LogP contribution is 2.49. The summed E-state index contributed by atoms with van der Waals surface area (Å²) in [6, 6.07) is 7.71. The monoisotopic (exact) mass is 271 g/mol. The van der Waals surface area contributed by atoms with Crippen LogP contribution in [0.25, 0.3) is 0 Å². The molecule has 0 aliphatic carbocycles. The molecule has 0 spiro atoms. The summed E-state index contributed by atoms with van der Waals surface area (Å²) in [4.78, 5) is 26.5. The van der Waals surface area contributed by atoms with Gasteiger partial charge in [-0.2, -0.15) is 0 Å². The molecule has 3 heterocycles. The van der Waals surface area contributed by atoms with E-state index in [1.54, 1.807) is 0 Å². The van der Waals surface area contributed by atoms with Crippen LogP contribution in [-0.2, 0) is 20.7 Å². The molecule has 4 atom stereocenters. The number of fused-ring (bicyclic) bond motifs is 5. The maximum atomic E-state index is 12.6. The van der Waals surface area contributed by atoms with Crippen LogP contribution in [0.5, 0.6) is 0 Å². The molecule has 4 rings (SSSR count). The Morgan fingerprint density at radius 1 is 1.05 bits per heavy atom. The van der Waals surface area contributed by atoms with Crippen LogP contribution in [0.3, 0.4) is 0 Å². The van der Waals surface area contributed by atoms with Crippen molar-refractivity contribution in [2.45, 2.75) is 38.4 Å². The van der Waals surface area contributed by atoms with Crippen molar-refractivity contribution in [3.63, 3.8) is 0 Å². The number of ether oxygens (including phenoxy) is 1. The number of rotatable bonds is 2. The number of carbonyl (C=O) groups excluding carboxylic acids is 2. The average Bonchev–Trinajstić information content (AvgIpc) is 3.14. The standard InChI is InChI=1S/C16H17NO3/c1-2-9-3-5-10(6-4-9)17-15(18)13-11-7-8-12(20-11)14(13)16(17)19/h3-6,11-14H,2,7-8H2,1H3/t11-,12-,13?,14?/m1/s1. The largest absolute Gasteiger partial charge is 0.373 e. The van der Waals surface area contributed by atoms with Gasteiger partial charge >= 0.3 is 0 Å². The second kappa shape index (κ2) is 4.16. The Bertz CT molecular complexity index is 552. The normalized spacial score (nSPS) is 35.0. The van der Waals surface area contributed by atoms with Crippen molar-refractivity contribution in [3.8, 4) is 0 Å². The van der Waals surface area contributed by atoms with Crippen molar-refractivity contribution in [2.75, 3.05) is 4.90 Å². The molecule has 0 N–H and O–H groups in total. The summed E-state index contributed by atoms with van der Waals surface area (Å²) < 4.78 is 5.73. The Kier molecular flexibility index (Phi) is 2.51. The molecule has 0 radical (unpaired) electrons. The van der Waals surface area contributed by atoms with E-state index in [1.807, 2.05) is 24.3 Å². The highest BCUT2D eigenvalue weighted by atomic mass is 16.5. The van der Waals surface area contributed by atoms with E-state index in [4.69, 9.17) is 4.74 Å². The van der Waals surface area contributed by atoms with Crippen LogP contribution in [0.2, 0.25) is 0 Å². The molecule has 2 bridgehead atoms. The van der Waals surface area contributed by atoms with Crippen LogP contribution in [0.1, 0.15) is 25.3 Å². The number of benzene rings is 1. The van der Waals surface area contributed by atoms with E-state index < -0.39 is 0 Å². The zero-order valence-electron chi connectivity index (χ0n) is 11.4. The van der Waals surface area contributed by atoms with Gasteiger partial charge in [-0.1, -0.05) is 19.1 Å². The second-order valence-electron chi connectivity index (χ2n) is 5.87. The number of carbonyl (C=O) groups is 2. The molecule has 0 saturated carbocycles. The Labute approximate surface area is 117 Å². The van der Waals surface area contributed by atoms with Crippen LogP contribution in [0.4, 0.5) is 5.69 Å². The molecule has 1 aromatic carbocycles. The van der Waals surface area contributed by atoms with Crippen LogP contribution >= 0.6 is 0 Å². The Morgan fingerprint density at radius 3 is 2.10 bits per heavy atom. The number of hydrogen-bond donors (Lipinski definition) is 0. The van der Waals surface area contributed by atoms with Gasteiger partial charge in [-0.15, -0.1) is 0 Å². The number of imide groups is 1. The summed E-state index contributed by atoms with van der Waals surface area (Å²) in [5, 5.41) is 0. The van der Waals surface area contributed by atoms with Crippen molar-refractivity contribution < 1.29 is 14.3 Å². The lowest BCUT2D eigenvalue weighted by Crippen LogP contribution is -2.34. The minimum atomic E-state index is -0.243. The molecular weight excluding hydrogens is 254 g/mol. The van der Waals surface area contributed by atoms with Gasteiger partial charge in [0, 0.05) is 0 Å². The third kappa shape index (κ3) is 1.45. The first-order valence-corrected chi connectivity index (χ1v) is 7.33. The number of nitrogens with zero attached hydrogens (tertiary/aromatic N) is 1. The lowest BCUT2D eigenvalue weighted by Gasteiger charge is -2.17. The minimum absolute atomic E-state index is 0.0404. The topological polar surface area (TPSA) is 46.6 Å². The first kappa shape index (κ1) is 12.1. The van der Waals surface area contributed by atoms with Crippen molar-refractivity contribution in [1.29, 1.82) is 0 Å². The molecule has 104 valence electrons. The average molecular weight is 271 g/mol. The number of amides is 2. The quantitative estimate of drug-likeness (QED) is 0.772. The van der Waals surface area contributed by atoms with Gasteiger partial charge in [-0.05, 0) is 37.0 Å². The third-order valence-corrected chi connectivity index (χ3v) is 4.89. The third-order valence-electron chi connectivity index (χ3n) is 4.89. The molecule has 3 saturated heterocycles. The SMILES string of the molecule is CCc1ccc(N2C(=O)C3C(C2=O)[C@H]2CC[C@H]3O2)cc1. The molecule has 2 amide bonds. The number of aryl methyl sites for hydroxylation is 1. The number of anilines is 1.